The summed E-state index contributed by atoms with van der Waals surface area (Å²) < 4.78 is 52.0. The minimum atomic E-state index is -5.08. The zero-order chi connectivity index (χ0) is 55.9. The summed E-state index contributed by atoms with van der Waals surface area (Å²) >= 11 is 3.62. The number of halogens is 4. The van der Waals surface area contributed by atoms with E-state index >= 15 is 0 Å². The van der Waals surface area contributed by atoms with Crippen molar-refractivity contribution in [2.24, 2.45) is 17.8 Å². The summed E-state index contributed by atoms with van der Waals surface area (Å²) in [5, 5.41) is 16.9. The lowest BCUT2D eigenvalue weighted by Gasteiger charge is -2.42. The van der Waals surface area contributed by atoms with Crippen molar-refractivity contribution in [1.29, 1.82) is 0 Å². The lowest BCUT2D eigenvalue weighted by molar-refractivity contribution is -0.192. The number of fused-ring (bicyclic) bond motifs is 2. The van der Waals surface area contributed by atoms with Crippen LogP contribution in [-0.2, 0) is 18.9 Å². The number of carboxylic acid groups (broad SMARTS) is 1. The van der Waals surface area contributed by atoms with Gasteiger partial charge in [0.1, 0.15) is 30.3 Å². The van der Waals surface area contributed by atoms with Gasteiger partial charge >= 0.3 is 12.1 Å². The Kier molecular flexibility index (Phi) is 16.0. The van der Waals surface area contributed by atoms with Gasteiger partial charge in [0.15, 0.2) is 0 Å². The molecule has 1 saturated carbocycles. The first-order chi connectivity index (χ1) is 37.7. The number of amides is 4. The van der Waals surface area contributed by atoms with Gasteiger partial charge in [0.25, 0.3) is 11.8 Å². The molecule has 4 saturated heterocycles. The summed E-state index contributed by atoms with van der Waals surface area (Å²) in [4.78, 5) is 86.8. The number of carboxylic acids is 1. The number of ether oxygens (including phenoxy) is 1. The van der Waals surface area contributed by atoms with Gasteiger partial charge in [-0.2, -0.15) is 18.2 Å². The van der Waals surface area contributed by atoms with Gasteiger partial charge in [0, 0.05) is 75.2 Å². The number of aromatic nitrogens is 4. The zero-order valence-corrected chi connectivity index (χ0v) is 46.5. The van der Waals surface area contributed by atoms with Crippen molar-refractivity contribution in [3.8, 4) is 5.75 Å². The first kappa shape index (κ1) is 55.6. The summed E-state index contributed by atoms with van der Waals surface area (Å²) in [6, 6.07) is 12.7. The molecule has 0 spiro atoms. The second-order valence-corrected chi connectivity index (χ2v) is 25.6. The van der Waals surface area contributed by atoms with Gasteiger partial charge in [-0.1, -0.05) is 0 Å². The number of piperidine rings is 4. The highest BCUT2D eigenvalue weighted by Gasteiger charge is 2.45. The number of aliphatic carboxylic acids is 1. The standard InChI is InChI=1S/C53H61BrN11O6P.C2HF3O2/c1-71-45-28-44(37(34-4-5-34)27-42(45)59-53-57-29-39(54)49(61-53)58-41-9-8-40-47(56-19-18-55-40)48(41)72(2,3)70)64-24-16-33(17-25-64)32-14-20-62(21-15-32)30-31-12-22-63(23-13-31)35-6-7-36-38(26-35)52(69)65(51(36)68)43-10-11-46(66)60-50(43)67;3-2(4,5)1(6)7/h6-9,18-19,26-29,31-34,43H,4-5,10-17,20-25,30H2,1-3H3,(H,60,66,67)(H2,57,58,59,61);(H,6,7). The molecule has 7 heterocycles. The fraction of sp³-hybridized carbons (Fsp3) is 0.473. The zero-order valence-electron chi connectivity index (χ0n) is 44.0. The minimum Gasteiger partial charge on any atom is -0.494 e. The number of imide groups is 2. The van der Waals surface area contributed by atoms with E-state index in [1.54, 1.807) is 45.1 Å². The van der Waals surface area contributed by atoms with E-state index in [-0.39, 0.29) is 18.7 Å². The first-order valence-electron chi connectivity index (χ1n) is 26.7. The number of hydrogen-bond acceptors (Lipinski definition) is 16. The highest BCUT2D eigenvalue weighted by Crippen LogP contribution is 2.49. The van der Waals surface area contributed by atoms with Crippen LogP contribution in [0.4, 0.5) is 47.7 Å². The Hall–Kier alpha value is -6.71. The molecule has 2 aromatic heterocycles. The maximum Gasteiger partial charge on any atom is 0.490 e. The van der Waals surface area contributed by atoms with Crippen LogP contribution < -0.4 is 35.8 Å². The Morgan fingerprint density at radius 1 is 0.810 bits per heavy atom. The molecule has 418 valence electrons. The second kappa shape index (κ2) is 22.8. The summed E-state index contributed by atoms with van der Waals surface area (Å²) in [7, 11) is -1.07. The number of hydrogen-bond donors (Lipinski definition) is 4. The molecule has 5 aliphatic heterocycles. The van der Waals surface area contributed by atoms with E-state index < -0.39 is 43.1 Å². The normalized spacial score (nSPS) is 20.0. The highest BCUT2D eigenvalue weighted by molar-refractivity contribution is 9.10. The van der Waals surface area contributed by atoms with Crippen LogP contribution in [0.25, 0.3) is 11.0 Å². The van der Waals surface area contributed by atoms with Crippen LogP contribution in [0.5, 0.6) is 5.75 Å². The van der Waals surface area contributed by atoms with Crippen molar-refractivity contribution in [1.82, 2.24) is 35.1 Å². The Morgan fingerprint density at radius 3 is 2.11 bits per heavy atom. The van der Waals surface area contributed by atoms with Crippen molar-refractivity contribution >= 4 is 104 Å². The number of alkyl halides is 3. The lowest BCUT2D eigenvalue weighted by atomic mass is 9.78. The van der Waals surface area contributed by atoms with E-state index in [2.05, 4.69) is 73.7 Å². The van der Waals surface area contributed by atoms with E-state index in [1.165, 1.54) is 49.8 Å². The average Bonchev–Trinajstić information content (AvgIpc) is 4.46. The quantitative estimate of drug-likeness (QED) is 0.0638. The molecule has 5 aromatic rings. The van der Waals surface area contributed by atoms with Gasteiger partial charge in [0.05, 0.1) is 44.9 Å². The Bertz CT molecular complexity index is 3250. The van der Waals surface area contributed by atoms with Gasteiger partial charge in [-0.25, -0.2) is 9.78 Å². The number of nitrogens with one attached hydrogen (secondary N) is 3. The number of methoxy groups -OCH3 is 1. The molecule has 19 nitrogen and oxygen atoms in total. The number of anilines is 6. The van der Waals surface area contributed by atoms with Crippen molar-refractivity contribution in [3.63, 3.8) is 0 Å². The van der Waals surface area contributed by atoms with E-state index in [4.69, 9.17) is 19.6 Å². The molecule has 3 aromatic carbocycles. The van der Waals surface area contributed by atoms with E-state index in [0.717, 1.165) is 92.5 Å². The van der Waals surface area contributed by atoms with Gasteiger partial charge in [-0.3, -0.25) is 39.4 Å². The maximum atomic E-state index is 13.6. The number of rotatable bonds is 13. The summed E-state index contributed by atoms with van der Waals surface area (Å²) in [5.41, 5.74) is 6.93. The van der Waals surface area contributed by atoms with E-state index in [0.29, 0.717) is 61.2 Å². The molecular formula is C55H62BrF3N11O8P. The summed E-state index contributed by atoms with van der Waals surface area (Å²) in [6.07, 6.45) is 9.46. The average molecular weight is 1170 g/mol. The summed E-state index contributed by atoms with van der Waals surface area (Å²) in [5.74, 6) is -0.416. The maximum absolute atomic E-state index is 13.6. The molecule has 1 atom stereocenters. The molecule has 24 heteroatoms. The largest absolute Gasteiger partial charge is 0.494 e. The molecule has 4 N–H and O–H groups in total. The van der Waals surface area contributed by atoms with Crippen molar-refractivity contribution in [2.45, 2.75) is 82.3 Å². The van der Waals surface area contributed by atoms with Gasteiger partial charge in [-0.05, 0) is 166 Å². The monoisotopic (exact) mass is 1170 g/mol. The molecule has 0 bridgehead atoms. The van der Waals surface area contributed by atoms with Crippen molar-refractivity contribution in [3.05, 3.63) is 82.2 Å². The molecule has 5 fully saturated rings. The van der Waals surface area contributed by atoms with Crippen molar-refractivity contribution < 1.29 is 51.6 Å². The molecule has 1 aliphatic carbocycles. The fourth-order valence-corrected chi connectivity index (χ4v) is 13.6. The lowest BCUT2D eigenvalue weighted by Crippen LogP contribution is -2.54. The van der Waals surface area contributed by atoms with Gasteiger partial charge < -0.3 is 39.7 Å². The topological polar surface area (TPSA) is 232 Å². The molecule has 11 rings (SSSR count). The molecule has 6 aliphatic rings. The Labute approximate surface area is 463 Å². The SMILES string of the molecule is COc1cc(N2CCC(C3CCN(CC4CCN(c5ccc6c(c5)C(=O)N(C5CCC(=O)NC5=O)C6=O)CC4)CC3)CC2)c(C2CC2)cc1Nc1ncc(Br)c(Nc2ccc3nccnc3c2P(C)(C)=O)n1.O=C(O)C(F)(F)F. The third-order valence-corrected chi connectivity index (χ3v) is 18.2. The van der Waals surface area contributed by atoms with Crippen molar-refractivity contribution in [2.75, 3.05) is 86.7 Å². The molecule has 1 unspecified atom stereocenters. The van der Waals surface area contributed by atoms with Crippen LogP contribution in [0.3, 0.4) is 0 Å². The van der Waals surface area contributed by atoms with Crippen LogP contribution in [-0.4, -0.2) is 143 Å². The van der Waals surface area contributed by atoms with Crippen LogP contribution in [0.1, 0.15) is 96.4 Å². The second-order valence-electron chi connectivity index (χ2n) is 21.6. The van der Waals surface area contributed by atoms with Crippen LogP contribution >= 0.6 is 23.1 Å². The minimum absolute atomic E-state index is 0.101. The van der Waals surface area contributed by atoms with Crippen LogP contribution in [0.2, 0.25) is 0 Å². The molecule has 4 amide bonds. The number of likely N-dealkylation sites (tertiary alicyclic amines) is 1. The molecule has 0 radical (unpaired) electrons. The van der Waals surface area contributed by atoms with E-state index in [1.807, 2.05) is 24.3 Å². The van der Waals surface area contributed by atoms with E-state index in [9.17, 15) is 36.9 Å². The smallest absolute Gasteiger partial charge is 0.490 e. The van der Waals surface area contributed by atoms with Gasteiger partial charge in [0.2, 0.25) is 17.8 Å². The van der Waals surface area contributed by atoms with Crippen LogP contribution in [0.15, 0.2) is 65.5 Å². The first-order valence-corrected chi connectivity index (χ1v) is 30.1. The third kappa shape index (κ3) is 12.2. The summed E-state index contributed by atoms with van der Waals surface area (Å²) in [6.45, 7) is 10.7. The number of nitrogens with zero attached hydrogens (tertiary/aromatic N) is 8. The Balaban J connectivity index is 0.000000944. The Morgan fingerprint density at radius 2 is 1.47 bits per heavy atom. The third-order valence-electron chi connectivity index (χ3n) is 16.1. The predicted octanol–water partition coefficient (Wildman–Crippen LogP) is 8.68. The predicted molar refractivity (Wildman–Crippen MR) is 296 cm³/mol. The van der Waals surface area contributed by atoms with Crippen LogP contribution in [0, 0.1) is 17.8 Å². The highest BCUT2D eigenvalue weighted by atomic mass is 79.9. The number of carbonyl (C=O) groups excluding carboxylic acids is 4. The van der Waals surface area contributed by atoms with Gasteiger partial charge in [-0.15, -0.1) is 0 Å². The molecule has 79 heavy (non-hydrogen) atoms. The molecular weight excluding hydrogens is 1110 g/mol. The number of carbonyl (C=O) groups is 5. The number of benzene rings is 3. The fourth-order valence-electron chi connectivity index (χ4n) is 11.9.